The number of hydrogen-bond acceptors (Lipinski definition) is 6. The molecule has 1 saturated carbocycles. The number of fused-ring (bicyclic) bond motifs is 1. The van der Waals surface area contributed by atoms with Crippen LogP contribution in [0.15, 0.2) is 24.8 Å². The minimum absolute atomic E-state index is 0.0647. The van der Waals surface area contributed by atoms with E-state index in [1.807, 2.05) is 6.20 Å². The second kappa shape index (κ2) is 8.82. The number of nitrogens with one attached hydrogen (secondary N) is 1. The molecule has 0 radical (unpaired) electrons. The number of nitrogens with zero attached hydrogens (tertiary/aromatic N) is 5. The third-order valence-corrected chi connectivity index (χ3v) is 5.53. The molecule has 1 aliphatic rings. The first-order valence-electron chi connectivity index (χ1n) is 10.1. The molecule has 0 bridgehead atoms. The van der Waals surface area contributed by atoms with Crippen LogP contribution < -0.4 is 5.32 Å². The summed E-state index contributed by atoms with van der Waals surface area (Å²) in [5, 5.41) is 8.84. The average Bonchev–Trinajstić information content (AvgIpc) is 3.27. The van der Waals surface area contributed by atoms with Crippen LogP contribution in [0.1, 0.15) is 39.0 Å². The van der Waals surface area contributed by atoms with Gasteiger partial charge in [-0.2, -0.15) is 10.1 Å². The fraction of sp³-hybridized carbons (Fsp3) is 0.500. The summed E-state index contributed by atoms with van der Waals surface area (Å²) in [6.07, 6.45) is 13.5. The molecule has 29 heavy (non-hydrogen) atoms. The predicted octanol–water partition coefficient (Wildman–Crippen LogP) is 4.17. The third kappa shape index (κ3) is 4.70. The number of rotatable bonds is 7. The normalized spacial score (nSPS) is 15.0. The quantitative estimate of drug-likeness (QED) is 0.581. The molecule has 0 saturated heterocycles. The minimum Gasteiger partial charge on any atom is -0.465 e. The maximum Gasteiger partial charge on any atom is 0.327 e. The molecule has 3 aromatic rings. The summed E-state index contributed by atoms with van der Waals surface area (Å²) in [4.78, 5) is 20.6. The van der Waals surface area contributed by atoms with Crippen molar-refractivity contribution < 1.29 is 9.53 Å². The van der Waals surface area contributed by atoms with E-state index in [9.17, 15) is 4.79 Å². The van der Waals surface area contributed by atoms with Crippen molar-refractivity contribution in [1.29, 1.82) is 0 Å². The Morgan fingerprint density at radius 1 is 1.28 bits per heavy atom. The lowest BCUT2D eigenvalue weighted by Crippen LogP contribution is -2.14. The number of halogens is 1. The Labute approximate surface area is 174 Å². The smallest absolute Gasteiger partial charge is 0.327 e. The molecule has 0 aromatic carbocycles. The molecule has 0 unspecified atom stereocenters. The standard InChI is InChI=1S/C20H25ClN6O2/c1-2-29-18(28)13-27-11-15(8-23-27)24-20-22-9-16-17(21)12-26(19(16)25-20)10-14-6-4-3-5-7-14/h8-9,11-12,14H,2-7,10,13H2,1H3,(H,22,24,25). The van der Waals surface area contributed by atoms with Crippen LogP contribution in [0.2, 0.25) is 5.02 Å². The molecule has 154 valence electrons. The van der Waals surface area contributed by atoms with Crippen molar-refractivity contribution >= 4 is 40.2 Å². The molecule has 1 fully saturated rings. The zero-order chi connectivity index (χ0) is 20.2. The molecular weight excluding hydrogens is 392 g/mol. The van der Waals surface area contributed by atoms with Crippen molar-refractivity contribution in [2.75, 3.05) is 11.9 Å². The monoisotopic (exact) mass is 416 g/mol. The first kappa shape index (κ1) is 19.7. The van der Waals surface area contributed by atoms with Crippen LogP contribution in [0.25, 0.3) is 11.0 Å². The van der Waals surface area contributed by atoms with E-state index in [4.69, 9.17) is 16.3 Å². The Hall–Kier alpha value is -2.61. The van der Waals surface area contributed by atoms with E-state index in [2.05, 4.69) is 25.0 Å². The average molecular weight is 417 g/mol. The Morgan fingerprint density at radius 3 is 2.90 bits per heavy atom. The fourth-order valence-corrected chi connectivity index (χ4v) is 4.11. The Morgan fingerprint density at radius 2 is 2.10 bits per heavy atom. The highest BCUT2D eigenvalue weighted by Crippen LogP contribution is 2.30. The lowest BCUT2D eigenvalue weighted by Gasteiger charge is -2.22. The van der Waals surface area contributed by atoms with Gasteiger partial charge in [0.25, 0.3) is 0 Å². The van der Waals surface area contributed by atoms with Crippen LogP contribution >= 0.6 is 11.6 Å². The second-order valence-corrected chi connectivity index (χ2v) is 7.83. The molecule has 3 aromatic heterocycles. The van der Waals surface area contributed by atoms with Gasteiger partial charge in [0, 0.05) is 25.1 Å². The Kier molecular flexibility index (Phi) is 5.99. The van der Waals surface area contributed by atoms with Gasteiger partial charge in [0.1, 0.15) is 12.2 Å². The molecule has 0 aliphatic heterocycles. The summed E-state index contributed by atoms with van der Waals surface area (Å²) in [5.41, 5.74) is 1.53. The minimum atomic E-state index is -0.324. The molecule has 0 atom stereocenters. The number of hydrogen-bond donors (Lipinski definition) is 1. The van der Waals surface area contributed by atoms with Crippen LogP contribution in [0.5, 0.6) is 0 Å². The first-order valence-corrected chi connectivity index (χ1v) is 10.5. The van der Waals surface area contributed by atoms with Crippen LogP contribution in [0, 0.1) is 5.92 Å². The van der Waals surface area contributed by atoms with E-state index in [-0.39, 0.29) is 12.5 Å². The molecule has 9 heteroatoms. The highest BCUT2D eigenvalue weighted by Gasteiger charge is 2.17. The Bertz CT molecular complexity index is 992. The van der Waals surface area contributed by atoms with E-state index < -0.39 is 0 Å². The fourth-order valence-electron chi connectivity index (χ4n) is 3.86. The molecule has 1 aliphatic carbocycles. The van der Waals surface area contributed by atoms with Crippen LogP contribution in [0.4, 0.5) is 11.6 Å². The SMILES string of the molecule is CCOC(=O)Cn1cc(Nc2ncc3c(Cl)cn(CC4CCCCC4)c3n2)cn1. The van der Waals surface area contributed by atoms with Gasteiger partial charge in [-0.05, 0) is 25.7 Å². The van der Waals surface area contributed by atoms with Gasteiger partial charge in [-0.15, -0.1) is 0 Å². The van der Waals surface area contributed by atoms with Crippen LogP contribution in [0.3, 0.4) is 0 Å². The van der Waals surface area contributed by atoms with Gasteiger partial charge in [0.05, 0.1) is 28.9 Å². The lowest BCUT2D eigenvalue weighted by molar-refractivity contribution is -0.144. The van der Waals surface area contributed by atoms with Crippen LogP contribution in [-0.4, -0.2) is 36.9 Å². The summed E-state index contributed by atoms with van der Waals surface area (Å²) in [6, 6.07) is 0. The van der Waals surface area contributed by atoms with Crippen molar-refractivity contribution in [2.24, 2.45) is 5.92 Å². The van der Waals surface area contributed by atoms with E-state index in [1.165, 1.54) is 36.8 Å². The lowest BCUT2D eigenvalue weighted by atomic mass is 9.89. The zero-order valence-electron chi connectivity index (χ0n) is 16.5. The molecule has 0 amide bonds. The molecule has 3 heterocycles. The van der Waals surface area contributed by atoms with Crippen molar-refractivity contribution in [1.82, 2.24) is 24.3 Å². The van der Waals surface area contributed by atoms with Crippen molar-refractivity contribution in [3.8, 4) is 0 Å². The Balaban J connectivity index is 1.50. The van der Waals surface area contributed by atoms with Gasteiger partial charge in [0.15, 0.2) is 0 Å². The number of anilines is 2. The third-order valence-electron chi connectivity index (χ3n) is 5.23. The number of ether oxygens (including phenoxy) is 1. The second-order valence-electron chi connectivity index (χ2n) is 7.42. The highest BCUT2D eigenvalue weighted by atomic mass is 35.5. The van der Waals surface area contributed by atoms with E-state index >= 15 is 0 Å². The molecule has 8 nitrogen and oxygen atoms in total. The molecule has 0 spiro atoms. The van der Waals surface area contributed by atoms with Gasteiger partial charge < -0.3 is 14.6 Å². The number of aromatic nitrogens is 5. The van der Waals surface area contributed by atoms with Gasteiger partial charge in [-0.1, -0.05) is 30.9 Å². The summed E-state index contributed by atoms with van der Waals surface area (Å²) < 4.78 is 8.60. The number of carbonyl (C=O) groups is 1. The van der Waals surface area contributed by atoms with Gasteiger partial charge in [-0.25, -0.2) is 4.98 Å². The van der Waals surface area contributed by atoms with Crippen molar-refractivity contribution in [3.05, 3.63) is 29.8 Å². The van der Waals surface area contributed by atoms with E-state index in [1.54, 1.807) is 25.5 Å². The predicted molar refractivity (Wildman–Crippen MR) is 111 cm³/mol. The highest BCUT2D eigenvalue weighted by molar-refractivity contribution is 6.35. The topological polar surface area (TPSA) is 86.9 Å². The van der Waals surface area contributed by atoms with Gasteiger partial charge >= 0.3 is 5.97 Å². The van der Waals surface area contributed by atoms with Crippen LogP contribution in [-0.2, 0) is 22.6 Å². The number of esters is 1. The maximum absolute atomic E-state index is 11.6. The molecular formula is C20H25ClN6O2. The summed E-state index contributed by atoms with van der Waals surface area (Å²) >= 11 is 6.41. The number of carbonyl (C=O) groups excluding carboxylic acids is 1. The van der Waals surface area contributed by atoms with Crippen molar-refractivity contribution in [3.63, 3.8) is 0 Å². The largest absolute Gasteiger partial charge is 0.465 e. The zero-order valence-corrected chi connectivity index (χ0v) is 17.2. The molecule has 1 N–H and O–H groups in total. The summed E-state index contributed by atoms with van der Waals surface area (Å²) in [7, 11) is 0. The van der Waals surface area contributed by atoms with Gasteiger partial charge in [-0.3, -0.25) is 9.48 Å². The maximum atomic E-state index is 11.6. The van der Waals surface area contributed by atoms with Crippen molar-refractivity contribution in [2.45, 2.75) is 52.1 Å². The first-order chi connectivity index (χ1) is 14.1. The summed E-state index contributed by atoms with van der Waals surface area (Å²) in [6.45, 7) is 3.12. The van der Waals surface area contributed by atoms with E-state index in [0.717, 1.165) is 17.6 Å². The molecule has 4 rings (SSSR count). The summed E-state index contributed by atoms with van der Waals surface area (Å²) in [5.74, 6) is 0.811. The van der Waals surface area contributed by atoms with Gasteiger partial charge in [0.2, 0.25) is 5.95 Å². The van der Waals surface area contributed by atoms with E-state index in [0.29, 0.717) is 29.2 Å².